The fraction of sp³-hybridized carbons (Fsp3) is 0. The lowest BCUT2D eigenvalue weighted by Crippen LogP contribution is -2.03. The highest BCUT2D eigenvalue weighted by molar-refractivity contribution is 5.84. The van der Waals surface area contributed by atoms with E-state index in [2.05, 4.69) is 31.0 Å². The van der Waals surface area contributed by atoms with Crippen LogP contribution in [0.5, 0.6) is 0 Å². The summed E-state index contributed by atoms with van der Waals surface area (Å²) in [6.45, 7) is 0. The number of para-hydroxylation sites is 2. The monoisotopic (exact) mass is 402 g/mol. The van der Waals surface area contributed by atoms with Crippen LogP contribution in [0.4, 0.5) is 20.4 Å². The highest BCUT2D eigenvalue weighted by atomic mass is 19.1. The second-order valence-electron chi connectivity index (χ2n) is 6.19. The molecule has 1 heterocycles. The van der Waals surface area contributed by atoms with Crippen LogP contribution in [0.1, 0.15) is 11.1 Å². The van der Waals surface area contributed by atoms with Gasteiger partial charge in [0.15, 0.2) is 11.6 Å². The number of benzene rings is 3. The Morgan fingerprint density at radius 2 is 1.00 bits per heavy atom. The zero-order chi connectivity index (χ0) is 20.8. The predicted octanol–water partition coefficient (Wildman–Crippen LogP) is 4.80. The molecule has 0 aliphatic rings. The van der Waals surface area contributed by atoms with E-state index < -0.39 is 0 Å². The van der Waals surface area contributed by atoms with Crippen LogP contribution in [0.15, 0.2) is 83.0 Å². The number of hydrogen-bond donors (Lipinski definition) is 2. The number of nitrogens with zero attached hydrogens (tertiary/aromatic N) is 4. The van der Waals surface area contributed by atoms with Crippen LogP contribution in [-0.4, -0.2) is 22.4 Å². The highest BCUT2D eigenvalue weighted by Crippen LogP contribution is 2.21. The smallest absolute Gasteiger partial charge is 0.192 e. The third-order valence-electron chi connectivity index (χ3n) is 4.13. The summed E-state index contributed by atoms with van der Waals surface area (Å²) in [6.07, 6.45) is 2.69. The molecule has 1 aromatic heterocycles. The van der Waals surface area contributed by atoms with Crippen LogP contribution in [-0.2, 0) is 0 Å². The Balaban J connectivity index is 1.60. The van der Waals surface area contributed by atoms with Crippen molar-refractivity contribution in [2.75, 3.05) is 10.9 Å². The van der Waals surface area contributed by atoms with Crippen molar-refractivity contribution in [2.45, 2.75) is 0 Å². The molecule has 0 saturated carbocycles. The fourth-order valence-corrected chi connectivity index (χ4v) is 2.64. The molecule has 0 aliphatic heterocycles. The van der Waals surface area contributed by atoms with Crippen molar-refractivity contribution in [3.05, 3.63) is 95.6 Å². The fourth-order valence-electron chi connectivity index (χ4n) is 2.64. The lowest BCUT2D eigenvalue weighted by atomic mass is 10.2. The number of fused-ring (bicyclic) bond motifs is 1. The lowest BCUT2D eigenvalue weighted by molar-refractivity contribution is 0.625. The number of hydrogen-bond acceptors (Lipinski definition) is 6. The van der Waals surface area contributed by atoms with Gasteiger partial charge in [-0.2, -0.15) is 10.2 Å². The maximum absolute atomic E-state index is 13.8. The van der Waals surface area contributed by atoms with Crippen LogP contribution in [0.3, 0.4) is 0 Å². The quantitative estimate of drug-likeness (QED) is 0.359. The Labute approximate surface area is 171 Å². The first-order chi connectivity index (χ1) is 14.7. The van der Waals surface area contributed by atoms with Gasteiger partial charge in [0.05, 0.1) is 23.5 Å². The molecule has 4 rings (SSSR count). The SMILES string of the molecule is Fc1ccccc1C=NNc1nc2ccccc2nc1NN=Cc1ccccc1F. The minimum atomic E-state index is -0.388. The third kappa shape index (κ3) is 4.44. The van der Waals surface area contributed by atoms with E-state index in [-0.39, 0.29) is 23.3 Å². The second-order valence-corrected chi connectivity index (χ2v) is 6.19. The number of hydrazone groups is 2. The molecule has 0 amide bonds. The number of rotatable bonds is 6. The van der Waals surface area contributed by atoms with E-state index >= 15 is 0 Å². The molecule has 0 fully saturated rings. The summed E-state index contributed by atoms with van der Waals surface area (Å²) in [5.74, 6) is -0.208. The van der Waals surface area contributed by atoms with Crippen molar-refractivity contribution >= 4 is 35.1 Å². The predicted molar refractivity (Wildman–Crippen MR) is 115 cm³/mol. The molecule has 2 N–H and O–H groups in total. The maximum Gasteiger partial charge on any atom is 0.192 e. The Morgan fingerprint density at radius 3 is 1.43 bits per heavy atom. The summed E-state index contributed by atoms with van der Waals surface area (Å²) in [6, 6.07) is 19.8. The molecule has 3 aromatic carbocycles. The van der Waals surface area contributed by atoms with Gasteiger partial charge in [0.2, 0.25) is 0 Å². The van der Waals surface area contributed by atoms with Crippen molar-refractivity contribution < 1.29 is 8.78 Å². The van der Waals surface area contributed by atoms with Gasteiger partial charge in [-0.05, 0) is 24.3 Å². The summed E-state index contributed by atoms with van der Waals surface area (Å²) in [4.78, 5) is 8.96. The Hall–Kier alpha value is -4.20. The molecule has 0 spiro atoms. The van der Waals surface area contributed by atoms with Crippen LogP contribution >= 0.6 is 0 Å². The molecule has 30 heavy (non-hydrogen) atoms. The summed E-state index contributed by atoms with van der Waals surface area (Å²) in [5.41, 5.74) is 7.46. The van der Waals surface area contributed by atoms with E-state index in [0.29, 0.717) is 22.2 Å². The second kappa shape index (κ2) is 8.87. The Morgan fingerprint density at radius 1 is 0.600 bits per heavy atom. The van der Waals surface area contributed by atoms with Crippen molar-refractivity contribution in [3.8, 4) is 0 Å². The molecule has 8 heteroatoms. The molecule has 0 radical (unpaired) electrons. The summed E-state index contributed by atoms with van der Waals surface area (Å²) < 4.78 is 27.5. The number of halogens is 2. The molecule has 148 valence electrons. The topological polar surface area (TPSA) is 74.6 Å². The molecule has 4 aromatic rings. The highest BCUT2D eigenvalue weighted by Gasteiger charge is 2.08. The van der Waals surface area contributed by atoms with Crippen molar-refractivity contribution in [1.29, 1.82) is 0 Å². The summed E-state index contributed by atoms with van der Waals surface area (Å²) in [5, 5.41) is 8.10. The van der Waals surface area contributed by atoms with Crippen LogP contribution in [0.25, 0.3) is 11.0 Å². The normalized spacial score (nSPS) is 11.4. The van der Waals surface area contributed by atoms with E-state index in [9.17, 15) is 8.78 Å². The van der Waals surface area contributed by atoms with E-state index in [4.69, 9.17) is 0 Å². The van der Waals surface area contributed by atoms with Gasteiger partial charge in [0.25, 0.3) is 0 Å². The minimum absolute atomic E-state index is 0.284. The zero-order valence-corrected chi connectivity index (χ0v) is 15.6. The van der Waals surface area contributed by atoms with E-state index in [1.165, 1.54) is 24.6 Å². The molecule has 0 aliphatic carbocycles. The summed E-state index contributed by atoms with van der Waals surface area (Å²) >= 11 is 0. The van der Waals surface area contributed by atoms with Crippen molar-refractivity contribution in [1.82, 2.24) is 9.97 Å². The first-order valence-corrected chi connectivity index (χ1v) is 9.05. The first-order valence-electron chi connectivity index (χ1n) is 9.05. The van der Waals surface area contributed by atoms with Gasteiger partial charge in [-0.3, -0.25) is 10.9 Å². The zero-order valence-electron chi connectivity index (χ0n) is 15.6. The largest absolute Gasteiger partial charge is 0.258 e. The standard InChI is InChI=1S/C22H16F2N6/c23-17-9-3-1-7-15(17)13-25-29-21-22(28-20-12-6-5-11-19(20)27-21)30-26-14-16-8-2-4-10-18(16)24/h1-14H,(H,27,29)(H,28,30). The molecule has 0 saturated heterocycles. The van der Waals surface area contributed by atoms with Crippen molar-refractivity contribution in [3.63, 3.8) is 0 Å². The molecule has 0 unspecified atom stereocenters. The van der Waals surface area contributed by atoms with E-state index in [0.717, 1.165) is 0 Å². The van der Waals surface area contributed by atoms with Gasteiger partial charge < -0.3 is 0 Å². The van der Waals surface area contributed by atoms with Crippen LogP contribution < -0.4 is 10.9 Å². The van der Waals surface area contributed by atoms with Gasteiger partial charge in [0, 0.05) is 11.1 Å². The number of aromatic nitrogens is 2. The van der Waals surface area contributed by atoms with Gasteiger partial charge >= 0.3 is 0 Å². The molecular formula is C22H16F2N6. The number of nitrogens with one attached hydrogen (secondary N) is 2. The summed E-state index contributed by atoms with van der Waals surface area (Å²) in [7, 11) is 0. The lowest BCUT2D eigenvalue weighted by Gasteiger charge is -2.08. The van der Waals surface area contributed by atoms with Gasteiger partial charge in [-0.1, -0.05) is 48.5 Å². The van der Waals surface area contributed by atoms with E-state index in [1.807, 2.05) is 12.1 Å². The van der Waals surface area contributed by atoms with Crippen LogP contribution in [0, 0.1) is 11.6 Å². The average Bonchev–Trinajstić information content (AvgIpc) is 2.76. The van der Waals surface area contributed by atoms with E-state index in [1.54, 1.807) is 48.5 Å². The minimum Gasteiger partial charge on any atom is -0.258 e. The molecule has 0 bridgehead atoms. The molecule has 0 atom stereocenters. The molecular weight excluding hydrogens is 386 g/mol. The van der Waals surface area contributed by atoms with Crippen LogP contribution in [0.2, 0.25) is 0 Å². The first kappa shape index (κ1) is 19.1. The average molecular weight is 402 g/mol. The number of anilines is 2. The third-order valence-corrected chi connectivity index (χ3v) is 4.13. The van der Waals surface area contributed by atoms with Gasteiger partial charge in [0.1, 0.15) is 11.6 Å². The Kier molecular flexibility index (Phi) is 5.66. The van der Waals surface area contributed by atoms with Crippen molar-refractivity contribution in [2.24, 2.45) is 10.2 Å². The Bertz CT molecular complexity index is 1140. The van der Waals surface area contributed by atoms with Gasteiger partial charge in [-0.25, -0.2) is 18.7 Å². The van der Waals surface area contributed by atoms with Gasteiger partial charge in [-0.15, -0.1) is 0 Å². The molecule has 6 nitrogen and oxygen atoms in total. The maximum atomic E-state index is 13.8.